The molecule has 0 saturated carbocycles. The van der Waals surface area contributed by atoms with E-state index in [1.165, 1.54) is 6.92 Å². The maximum absolute atomic E-state index is 12.1. The van der Waals surface area contributed by atoms with Gasteiger partial charge in [-0.3, -0.25) is 0 Å². The summed E-state index contributed by atoms with van der Waals surface area (Å²) in [5, 5.41) is 2.66. The van der Waals surface area contributed by atoms with Crippen LogP contribution in [0.2, 0.25) is 12.6 Å². The number of hydrogen-bond donors (Lipinski definition) is 1. The van der Waals surface area contributed by atoms with E-state index in [-0.39, 0.29) is 32.0 Å². The van der Waals surface area contributed by atoms with Gasteiger partial charge in [-0.2, -0.15) is 0 Å². The predicted octanol–water partition coefficient (Wildman–Crippen LogP) is 2.48. The van der Waals surface area contributed by atoms with Gasteiger partial charge in [0.2, 0.25) is 0 Å². The number of esters is 2. The van der Waals surface area contributed by atoms with Crippen LogP contribution in [0, 0.1) is 0 Å². The van der Waals surface area contributed by atoms with Crippen LogP contribution in [0.1, 0.15) is 27.2 Å². The molecular formula is C21H37NO9Si. The molecule has 1 N–H and O–H groups in total. The van der Waals surface area contributed by atoms with Crippen LogP contribution in [0.5, 0.6) is 0 Å². The quantitative estimate of drug-likeness (QED) is 0.105. The monoisotopic (exact) mass is 475 g/mol. The Hall–Kier alpha value is -2.21. The highest BCUT2D eigenvalue weighted by atomic mass is 28.4. The van der Waals surface area contributed by atoms with E-state index in [0.29, 0.717) is 26.2 Å². The van der Waals surface area contributed by atoms with Crippen molar-refractivity contribution in [2.75, 3.05) is 46.2 Å². The second-order valence-corrected chi connectivity index (χ2v) is 10.2. The second-order valence-electron chi connectivity index (χ2n) is 6.88. The zero-order valence-electron chi connectivity index (χ0n) is 19.6. The normalized spacial score (nSPS) is 11.9. The molecule has 0 aliphatic rings. The highest BCUT2D eigenvalue weighted by molar-refractivity contribution is 6.66. The van der Waals surface area contributed by atoms with E-state index in [9.17, 15) is 14.4 Å². The zero-order chi connectivity index (χ0) is 24.4. The van der Waals surface area contributed by atoms with E-state index < -0.39 is 32.7 Å². The summed E-state index contributed by atoms with van der Waals surface area (Å²) >= 11 is 0. The Kier molecular flexibility index (Phi) is 16.2. The van der Waals surface area contributed by atoms with Crippen molar-refractivity contribution in [3.63, 3.8) is 0 Å². The van der Waals surface area contributed by atoms with E-state index in [0.717, 1.165) is 12.1 Å². The lowest BCUT2D eigenvalue weighted by molar-refractivity contribution is -0.144. The van der Waals surface area contributed by atoms with Crippen LogP contribution in [-0.2, 0) is 37.4 Å². The molecule has 10 nitrogen and oxygen atoms in total. The van der Waals surface area contributed by atoms with Crippen molar-refractivity contribution in [3.8, 4) is 0 Å². The van der Waals surface area contributed by atoms with Gasteiger partial charge in [-0.15, -0.1) is 0 Å². The maximum Gasteiger partial charge on any atom is 0.407 e. The second kappa shape index (κ2) is 17.4. The van der Waals surface area contributed by atoms with Crippen LogP contribution in [0.3, 0.4) is 0 Å². The molecule has 184 valence electrons. The molecule has 0 aromatic carbocycles. The van der Waals surface area contributed by atoms with Gasteiger partial charge in [0.05, 0.1) is 13.2 Å². The SMILES string of the molecule is C=CC(=O)OCCOCC(COC(=O)C(=C)C)OC(=O)NCCC[Si](C)(OCC)OCC. The van der Waals surface area contributed by atoms with Crippen molar-refractivity contribution < 1.29 is 42.2 Å². The summed E-state index contributed by atoms with van der Waals surface area (Å²) in [6, 6.07) is 0.723. The molecule has 1 unspecified atom stereocenters. The Morgan fingerprint density at radius 1 is 1.06 bits per heavy atom. The van der Waals surface area contributed by atoms with Crippen molar-refractivity contribution in [2.24, 2.45) is 0 Å². The molecule has 1 atom stereocenters. The summed E-state index contributed by atoms with van der Waals surface area (Å²) in [7, 11) is -2.25. The molecule has 0 aliphatic heterocycles. The van der Waals surface area contributed by atoms with E-state index in [1.54, 1.807) is 0 Å². The number of nitrogens with one attached hydrogen (secondary N) is 1. The summed E-state index contributed by atoms with van der Waals surface area (Å²) in [6.45, 7) is 15.5. The first-order valence-corrected chi connectivity index (χ1v) is 13.1. The van der Waals surface area contributed by atoms with Crippen molar-refractivity contribution in [1.82, 2.24) is 5.32 Å². The molecule has 0 radical (unpaired) electrons. The minimum Gasteiger partial charge on any atom is -0.460 e. The number of rotatable bonds is 18. The van der Waals surface area contributed by atoms with Crippen LogP contribution in [0.15, 0.2) is 24.8 Å². The third-order valence-corrected chi connectivity index (χ3v) is 7.00. The predicted molar refractivity (Wildman–Crippen MR) is 120 cm³/mol. The summed E-state index contributed by atoms with van der Waals surface area (Å²) in [4.78, 5) is 34.8. The Morgan fingerprint density at radius 3 is 2.28 bits per heavy atom. The number of alkyl carbamates (subject to hydrolysis) is 1. The van der Waals surface area contributed by atoms with Crippen LogP contribution in [0.25, 0.3) is 0 Å². The van der Waals surface area contributed by atoms with E-state index in [1.807, 2.05) is 20.4 Å². The highest BCUT2D eigenvalue weighted by Crippen LogP contribution is 2.15. The fourth-order valence-corrected chi connectivity index (χ4v) is 4.88. The number of ether oxygens (including phenoxy) is 4. The molecular weight excluding hydrogens is 438 g/mol. The number of carbonyl (C=O) groups excluding carboxylic acids is 3. The Morgan fingerprint density at radius 2 is 1.72 bits per heavy atom. The highest BCUT2D eigenvalue weighted by Gasteiger charge is 2.30. The maximum atomic E-state index is 12.1. The molecule has 0 aliphatic carbocycles. The molecule has 0 aromatic rings. The molecule has 1 amide bonds. The molecule has 11 heteroatoms. The molecule has 0 fully saturated rings. The lowest BCUT2D eigenvalue weighted by Crippen LogP contribution is -2.40. The first kappa shape index (κ1) is 29.8. The average molecular weight is 476 g/mol. The van der Waals surface area contributed by atoms with Crippen LogP contribution in [-0.4, -0.2) is 78.9 Å². The number of hydrogen-bond acceptors (Lipinski definition) is 9. The van der Waals surface area contributed by atoms with Gasteiger partial charge in [-0.1, -0.05) is 13.2 Å². The van der Waals surface area contributed by atoms with E-state index in [2.05, 4.69) is 18.5 Å². The van der Waals surface area contributed by atoms with Crippen LogP contribution < -0.4 is 5.32 Å². The van der Waals surface area contributed by atoms with Crippen molar-refractivity contribution >= 4 is 26.6 Å². The van der Waals surface area contributed by atoms with Gasteiger partial charge in [0.15, 0.2) is 6.10 Å². The minimum atomic E-state index is -2.25. The van der Waals surface area contributed by atoms with Gasteiger partial charge < -0.3 is 33.1 Å². The first-order chi connectivity index (χ1) is 15.2. The topological polar surface area (TPSA) is 119 Å². The Bertz CT molecular complexity index is 606. The first-order valence-electron chi connectivity index (χ1n) is 10.6. The van der Waals surface area contributed by atoms with Crippen LogP contribution in [0.4, 0.5) is 4.79 Å². The van der Waals surface area contributed by atoms with E-state index in [4.69, 9.17) is 27.8 Å². The number of amides is 1. The van der Waals surface area contributed by atoms with Crippen molar-refractivity contribution in [2.45, 2.75) is 45.9 Å². The lowest BCUT2D eigenvalue weighted by Gasteiger charge is -2.26. The van der Waals surface area contributed by atoms with Crippen molar-refractivity contribution in [1.29, 1.82) is 0 Å². The third-order valence-electron chi connectivity index (χ3n) is 3.94. The molecule has 0 aromatic heterocycles. The smallest absolute Gasteiger partial charge is 0.407 e. The summed E-state index contributed by atoms with van der Waals surface area (Å²) in [6.07, 6.45) is 0.193. The average Bonchev–Trinajstić information content (AvgIpc) is 2.74. The fraction of sp³-hybridized carbons (Fsp3) is 0.667. The Labute approximate surface area is 191 Å². The van der Waals surface area contributed by atoms with E-state index >= 15 is 0 Å². The number of carbonyl (C=O) groups is 3. The molecule has 0 saturated heterocycles. The zero-order valence-corrected chi connectivity index (χ0v) is 20.6. The van der Waals surface area contributed by atoms with Gasteiger partial charge in [-0.05, 0) is 39.8 Å². The van der Waals surface area contributed by atoms with Crippen molar-refractivity contribution in [3.05, 3.63) is 24.8 Å². The minimum absolute atomic E-state index is 0.0115. The van der Waals surface area contributed by atoms with Gasteiger partial charge in [0.25, 0.3) is 0 Å². The largest absolute Gasteiger partial charge is 0.460 e. The third kappa shape index (κ3) is 14.7. The van der Waals surface area contributed by atoms with Gasteiger partial charge >= 0.3 is 26.6 Å². The molecule has 0 rings (SSSR count). The summed E-state index contributed by atoms with van der Waals surface area (Å²) in [5.41, 5.74) is 0.223. The lowest BCUT2D eigenvalue weighted by atomic mass is 10.3. The Balaban J connectivity index is 4.49. The summed E-state index contributed by atoms with van der Waals surface area (Å²) < 4.78 is 32.0. The molecule has 0 bridgehead atoms. The van der Waals surface area contributed by atoms with Gasteiger partial charge in [0.1, 0.15) is 13.2 Å². The van der Waals surface area contributed by atoms with Gasteiger partial charge in [-0.25, -0.2) is 14.4 Å². The van der Waals surface area contributed by atoms with Crippen LogP contribution >= 0.6 is 0 Å². The molecule has 32 heavy (non-hydrogen) atoms. The molecule has 0 heterocycles. The molecule has 0 spiro atoms. The fourth-order valence-electron chi connectivity index (χ4n) is 2.47. The van der Waals surface area contributed by atoms with Gasteiger partial charge in [0, 0.05) is 31.4 Å². The standard InChI is InChI=1S/C21H37NO9Si/c1-7-19(23)27-13-12-26-15-18(16-28-20(24)17(4)5)31-21(25)22-11-10-14-32(6,29-8-2)30-9-3/h7,18H,1,4,8-16H2,2-3,5-6H3,(H,22,25). The summed E-state index contributed by atoms with van der Waals surface area (Å²) in [5.74, 6) is -1.17.